The number of nitrogens with one attached hydrogen (secondary N) is 2. The molecule has 2 aromatic rings. The van der Waals surface area contributed by atoms with Gasteiger partial charge in [0.2, 0.25) is 5.91 Å². The van der Waals surface area contributed by atoms with E-state index in [4.69, 9.17) is 0 Å². The number of hydrazine groups is 1. The molecule has 1 amide bonds. The number of para-hydroxylation sites is 1. The van der Waals surface area contributed by atoms with Crippen molar-refractivity contribution >= 4 is 11.6 Å². The lowest BCUT2D eigenvalue weighted by molar-refractivity contribution is -0.137. The van der Waals surface area contributed by atoms with Crippen molar-refractivity contribution in [3.63, 3.8) is 0 Å². The van der Waals surface area contributed by atoms with Crippen LogP contribution in [0.3, 0.4) is 0 Å². The maximum atomic E-state index is 12.9. The minimum atomic E-state index is -4.48. The Balaban J connectivity index is 1.61. The lowest BCUT2D eigenvalue weighted by Gasteiger charge is -2.14. The van der Waals surface area contributed by atoms with Gasteiger partial charge in [-0.25, -0.2) is 0 Å². The Bertz CT molecular complexity index is 703. The summed E-state index contributed by atoms with van der Waals surface area (Å²) in [7, 11) is 0. The quantitative estimate of drug-likeness (QED) is 0.849. The van der Waals surface area contributed by atoms with Crippen molar-refractivity contribution in [2.75, 3.05) is 5.43 Å². The molecule has 23 heavy (non-hydrogen) atoms. The van der Waals surface area contributed by atoms with Gasteiger partial charge in [0.25, 0.3) is 0 Å². The summed E-state index contributed by atoms with van der Waals surface area (Å²) in [5.74, 6) is -0.496. The number of halogens is 3. The van der Waals surface area contributed by atoms with Crippen molar-refractivity contribution in [3.05, 3.63) is 59.9 Å². The highest BCUT2D eigenvalue weighted by molar-refractivity contribution is 5.84. The fourth-order valence-corrected chi connectivity index (χ4v) is 2.51. The molecule has 1 fully saturated rings. The molecule has 0 bridgehead atoms. The molecule has 0 aliphatic heterocycles. The highest BCUT2D eigenvalue weighted by Gasteiger charge is 2.44. The second-order valence-electron chi connectivity index (χ2n) is 5.39. The lowest BCUT2D eigenvalue weighted by Crippen LogP contribution is -2.32. The van der Waals surface area contributed by atoms with Crippen LogP contribution in [0, 0.1) is 5.92 Å². The Labute approximate surface area is 130 Å². The van der Waals surface area contributed by atoms with Crippen LogP contribution in [0.5, 0.6) is 0 Å². The standard InChI is InChI=1S/C16H14F3N3O/c17-16(18,19)13-5-1-2-6-14(13)21-22-15(23)12-8-11(12)10-4-3-7-20-9-10/h1-7,9,11-12,21H,8H2,(H,22,23). The fourth-order valence-electron chi connectivity index (χ4n) is 2.51. The van der Waals surface area contributed by atoms with Gasteiger partial charge in [-0.2, -0.15) is 13.2 Å². The number of carbonyl (C=O) groups excluding carboxylic acids is 1. The van der Waals surface area contributed by atoms with Gasteiger partial charge in [0.05, 0.1) is 11.3 Å². The van der Waals surface area contributed by atoms with Crippen LogP contribution in [-0.2, 0) is 11.0 Å². The molecule has 1 aliphatic rings. The van der Waals surface area contributed by atoms with E-state index < -0.39 is 11.7 Å². The topological polar surface area (TPSA) is 54.0 Å². The highest BCUT2D eigenvalue weighted by Crippen LogP contribution is 2.47. The van der Waals surface area contributed by atoms with Crippen LogP contribution >= 0.6 is 0 Å². The summed E-state index contributed by atoms with van der Waals surface area (Å²) in [4.78, 5) is 16.0. The number of nitrogens with zero attached hydrogens (tertiary/aromatic N) is 1. The fraction of sp³-hybridized carbons (Fsp3) is 0.250. The lowest BCUT2D eigenvalue weighted by atomic mass is 10.1. The van der Waals surface area contributed by atoms with Gasteiger partial charge in [0.1, 0.15) is 0 Å². The van der Waals surface area contributed by atoms with E-state index in [0.717, 1.165) is 11.6 Å². The Hall–Kier alpha value is -2.57. The zero-order chi connectivity index (χ0) is 16.4. The van der Waals surface area contributed by atoms with Crippen molar-refractivity contribution in [3.8, 4) is 0 Å². The molecule has 0 saturated heterocycles. The number of hydrogen-bond donors (Lipinski definition) is 2. The molecule has 0 spiro atoms. The minimum absolute atomic E-state index is 0.0726. The molecule has 1 aromatic carbocycles. The largest absolute Gasteiger partial charge is 0.418 e. The third-order valence-corrected chi connectivity index (χ3v) is 3.79. The Morgan fingerprint density at radius 2 is 1.96 bits per heavy atom. The predicted octanol–water partition coefficient (Wildman–Crippen LogP) is 3.35. The Kier molecular flexibility index (Phi) is 3.94. The van der Waals surface area contributed by atoms with Gasteiger partial charge < -0.3 is 0 Å². The second kappa shape index (κ2) is 5.91. The van der Waals surface area contributed by atoms with E-state index in [0.29, 0.717) is 6.42 Å². The molecule has 1 aliphatic carbocycles. The number of rotatable bonds is 4. The summed E-state index contributed by atoms with van der Waals surface area (Å²) < 4.78 is 38.6. The van der Waals surface area contributed by atoms with Crippen LogP contribution in [0.15, 0.2) is 48.8 Å². The van der Waals surface area contributed by atoms with Crippen molar-refractivity contribution in [1.82, 2.24) is 10.4 Å². The first-order chi connectivity index (χ1) is 11.0. The first-order valence-electron chi connectivity index (χ1n) is 7.09. The number of carbonyl (C=O) groups is 1. The van der Waals surface area contributed by atoms with Crippen molar-refractivity contribution in [1.29, 1.82) is 0 Å². The maximum absolute atomic E-state index is 12.9. The summed E-state index contributed by atoms with van der Waals surface area (Å²) in [6, 6.07) is 8.69. The average Bonchev–Trinajstić information content (AvgIpc) is 3.33. The number of amides is 1. The minimum Gasteiger partial charge on any atom is -0.298 e. The Morgan fingerprint density at radius 3 is 2.65 bits per heavy atom. The summed E-state index contributed by atoms with van der Waals surface area (Å²) in [5.41, 5.74) is 4.71. The van der Waals surface area contributed by atoms with Gasteiger partial charge in [0.15, 0.2) is 0 Å². The average molecular weight is 321 g/mol. The molecule has 1 heterocycles. The van der Waals surface area contributed by atoms with Crippen LogP contribution in [0.25, 0.3) is 0 Å². The van der Waals surface area contributed by atoms with E-state index in [9.17, 15) is 18.0 Å². The zero-order valence-corrected chi connectivity index (χ0v) is 12.0. The molecule has 0 radical (unpaired) electrons. The van der Waals surface area contributed by atoms with Gasteiger partial charge in [-0.05, 0) is 36.1 Å². The van der Waals surface area contributed by atoms with Gasteiger partial charge in [-0.3, -0.25) is 20.6 Å². The van der Waals surface area contributed by atoms with Crippen molar-refractivity contribution in [2.24, 2.45) is 5.92 Å². The van der Waals surface area contributed by atoms with E-state index in [1.54, 1.807) is 18.5 Å². The maximum Gasteiger partial charge on any atom is 0.418 e. The van der Waals surface area contributed by atoms with Crippen molar-refractivity contribution in [2.45, 2.75) is 18.5 Å². The van der Waals surface area contributed by atoms with Crippen molar-refractivity contribution < 1.29 is 18.0 Å². The molecule has 120 valence electrons. The zero-order valence-electron chi connectivity index (χ0n) is 12.0. The number of benzene rings is 1. The SMILES string of the molecule is O=C(NNc1ccccc1C(F)(F)F)C1CC1c1cccnc1. The van der Waals surface area contributed by atoms with Gasteiger partial charge in [-0.15, -0.1) is 0 Å². The second-order valence-corrected chi connectivity index (χ2v) is 5.39. The smallest absolute Gasteiger partial charge is 0.298 e. The molecular formula is C16H14F3N3O. The van der Waals surface area contributed by atoms with E-state index >= 15 is 0 Å². The number of aromatic nitrogens is 1. The van der Waals surface area contributed by atoms with Crippen LogP contribution < -0.4 is 10.9 Å². The monoisotopic (exact) mass is 321 g/mol. The molecule has 2 N–H and O–H groups in total. The third kappa shape index (κ3) is 3.44. The molecule has 4 nitrogen and oxygen atoms in total. The molecule has 2 unspecified atom stereocenters. The number of anilines is 1. The third-order valence-electron chi connectivity index (χ3n) is 3.79. The molecule has 1 saturated carbocycles. The molecular weight excluding hydrogens is 307 g/mol. The normalized spacial score (nSPS) is 20.0. The number of hydrogen-bond acceptors (Lipinski definition) is 3. The predicted molar refractivity (Wildman–Crippen MR) is 78.3 cm³/mol. The van der Waals surface area contributed by atoms with E-state index in [1.165, 1.54) is 18.2 Å². The molecule has 7 heteroatoms. The van der Waals surface area contributed by atoms with Gasteiger partial charge in [-0.1, -0.05) is 18.2 Å². The molecule has 2 atom stereocenters. The highest BCUT2D eigenvalue weighted by atomic mass is 19.4. The first-order valence-corrected chi connectivity index (χ1v) is 7.09. The molecule has 3 rings (SSSR count). The first kappa shape index (κ1) is 15.3. The summed E-state index contributed by atoms with van der Waals surface area (Å²) >= 11 is 0. The van der Waals surface area contributed by atoms with E-state index in [-0.39, 0.29) is 23.4 Å². The summed E-state index contributed by atoms with van der Waals surface area (Å²) in [6.07, 6.45) is -0.465. The number of alkyl halides is 3. The van der Waals surface area contributed by atoms with Gasteiger partial charge in [0, 0.05) is 18.3 Å². The van der Waals surface area contributed by atoms with E-state index in [1.807, 2.05) is 6.07 Å². The van der Waals surface area contributed by atoms with Crippen LogP contribution in [-0.4, -0.2) is 10.9 Å². The van der Waals surface area contributed by atoms with Gasteiger partial charge >= 0.3 is 6.18 Å². The Morgan fingerprint density at radius 1 is 1.17 bits per heavy atom. The van der Waals surface area contributed by atoms with E-state index in [2.05, 4.69) is 15.8 Å². The molecule has 1 aromatic heterocycles. The summed E-state index contributed by atoms with van der Waals surface area (Å²) in [6.45, 7) is 0. The van der Waals surface area contributed by atoms with Crippen LogP contribution in [0.4, 0.5) is 18.9 Å². The summed E-state index contributed by atoms with van der Waals surface area (Å²) in [5, 5.41) is 0. The van der Waals surface area contributed by atoms with Crippen LogP contribution in [0.2, 0.25) is 0 Å². The number of pyridine rings is 1. The van der Waals surface area contributed by atoms with Crippen LogP contribution in [0.1, 0.15) is 23.5 Å².